The molecular formula is C8H14N2O3. The van der Waals surface area contributed by atoms with Crippen LogP contribution in [0.3, 0.4) is 0 Å². The van der Waals surface area contributed by atoms with Crippen molar-refractivity contribution in [1.82, 2.24) is 5.32 Å². The monoisotopic (exact) mass is 186 g/mol. The molecule has 1 fully saturated rings. The number of carbonyl (C=O) groups excluding carboxylic acids is 1. The van der Waals surface area contributed by atoms with Crippen LogP contribution in [-0.2, 0) is 9.63 Å². The number of hydrogen-bond acceptors (Lipinski definition) is 4. The predicted octanol–water partition coefficient (Wildman–Crippen LogP) is -0.352. The lowest BCUT2D eigenvalue weighted by molar-refractivity contribution is -0.115. The second kappa shape index (κ2) is 4.81. The minimum atomic E-state index is -0.277. The van der Waals surface area contributed by atoms with Gasteiger partial charge in [0.1, 0.15) is 13.3 Å². The van der Waals surface area contributed by atoms with Crippen molar-refractivity contribution in [3.05, 3.63) is 0 Å². The summed E-state index contributed by atoms with van der Waals surface area (Å²) in [4.78, 5) is 15.4. The molecular weight excluding hydrogens is 172 g/mol. The van der Waals surface area contributed by atoms with Crippen LogP contribution in [0.25, 0.3) is 0 Å². The fraction of sp³-hybridized carbons (Fsp3) is 0.750. The topological polar surface area (TPSA) is 70.9 Å². The van der Waals surface area contributed by atoms with Crippen LogP contribution in [0.5, 0.6) is 0 Å². The standard InChI is InChI=1S/C8H14N2O3/c1-13-9-5-8(12)10-6-2-3-7(11)4-6/h5-7,11H,2-4H2,1H3,(H,10,12)/b9-5+/t6-,7+/m0/s1. The van der Waals surface area contributed by atoms with Gasteiger partial charge in [-0.3, -0.25) is 4.79 Å². The predicted molar refractivity (Wildman–Crippen MR) is 47.3 cm³/mol. The summed E-state index contributed by atoms with van der Waals surface area (Å²) < 4.78 is 0. The normalized spacial score (nSPS) is 27.8. The van der Waals surface area contributed by atoms with Gasteiger partial charge in [0.25, 0.3) is 5.91 Å². The average molecular weight is 186 g/mol. The van der Waals surface area contributed by atoms with Crippen molar-refractivity contribution < 1.29 is 14.7 Å². The van der Waals surface area contributed by atoms with Gasteiger partial charge in [0.05, 0.1) is 6.10 Å². The van der Waals surface area contributed by atoms with E-state index in [1.165, 1.54) is 7.11 Å². The number of amides is 1. The molecule has 0 radical (unpaired) electrons. The van der Waals surface area contributed by atoms with Gasteiger partial charge < -0.3 is 15.3 Å². The Morgan fingerprint density at radius 3 is 3.00 bits per heavy atom. The Bertz CT molecular complexity index is 206. The van der Waals surface area contributed by atoms with Crippen LogP contribution >= 0.6 is 0 Å². The van der Waals surface area contributed by atoms with E-state index in [-0.39, 0.29) is 18.1 Å². The number of oxime groups is 1. The molecule has 1 rings (SSSR count). The summed E-state index contributed by atoms with van der Waals surface area (Å²) >= 11 is 0. The van der Waals surface area contributed by atoms with E-state index in [0.29, 0.717) is 6.42 Å². The van der Waals surface area contributed by atoms with Crippen LogP contribution < -0.4 is 5.32 Å². The van der Waals surface area contributed by atoms with E-state index < -0.39 is 0 Å². The first-order valence-corrected chi connectivity index (χ1v) is 4.27. The summed E-state index contributed by atoms with van der Waals surface area (Å²) in [5.74, 6) is -0.277. The highest BCUT2D eigenvalue weighted by atomic mass is 16.6. The summed E-state index contributed by atoms with van der Waals surface area (Å²) in [7, 11) is 1.38. The van der Waals surface area contributed by atoms with Crippen molar-refractivity contribution in [2.24, 2.45) is 5.16 Å². The molecule has 2 N–H and O–H groups in total. The van der Waals surface area contributed by atoms with E-state index in [9.17, 15) is 9.90 Å². The number of nitrogens with one attached hydrogen (secondary N) is 1. The molecule has 5 heteroatoms. The summed E-state index contributed by atoms with van der Waals surface area (Å²) in [5, 5.41) is 15.2. The first-order chi connectivity index (χ1) is 6.22. The molecule has 0 aliphatic heterocycles. The number of hydrogen-bond donors (Lipinski definition) is 2. The number of carbonyl (C=O) groups is 1. The van der Waals surface area contributed by atoms with E-state index in [2.05, 4.69) is 15.3 Å². The molecule has 2 atom stereocenters. The lowest BCUT2D eigenvalue weighted by Crippen LogP contribution is -2.33. The molecule has 1 aliphatic carbocycles. The first kappa shape index (κ1) is 9.98. The van der Waals surface area contributed by atoms with Gasteiger partial charge in [0, 0.05) is 6.04 Å². The van der Waals surface area contributed by atoms with Gasteiger partial charge in [-0.15, -0.1) is 0 Å². The highest BCUT2D eigenvalue weighted by molar-refractivity contribution is 6.26. The number of nitrogens with zero attached hydrogens (tertiary/aromatic N) is 1. The summed E-state index contributed by atoms with van der Waals surface area (Å²) in [6.45, 7) is 0. The van der Waals surface area contributed by atoms with E-state index in [1.54, 1.807) is 0 Å². The third-order valence-corrected chi connectivity index (χ3v) is 2.03. The van der Waals surface area contributed by atoms with Crippen LogP contribution in [0.2, 0.25) is 0 Å². The fourth-order valence-electron chi connectivity index (χ4n) is 1.43. The maximum atomic E-state index is 11.0. The zero-order valence-corrected chi connectivity index (χ0v) is 7.56. The molecule has 0 spiro atoms. The van der Waals surface area contributed by atoms with Crippen molar-refractivity contribution >= 4 is 12.1 Å². The second-order valence-electron chi connectivity index (χ2n) is 3.09. The first-order valence-electron chi connectivity index (χ1n) is 4.27. The number of aliphatic hydroxyl groups is 1. The number of rotatable bonds is 3. The van der Waals surface area contributed by atoms with Crippen LogP contribution in [0.4, 0.5) is 0 Å². The Morgan fingerprint density at radius 2 is 2.46 bits per heavy atom. The Balaban J connectivity index is 2.24. The lowest BCUT2D eigenvalue weighted by atomic mass is 10.2. The van der Waals surface area contributed by atoms with Gasteiger partial charge in [-0.1, -0.05) is 5.16 Å². The van der Waals surface area contributed by atoms with Crippen molar-refractivity contribution in [2.45, 2.75) is 31.4 Å². The minimum Gasteiger partial charge on any atom is -0.399 e. The molecule has 1 amide bonds. The maximum Gasteiger partial charge on any atom is 0.266 e. The van der Waals surface area contributed by atoms with E-state index in [1.807, 2.05) is 0 Å². The average Bonchev–Trinajstić information content (AvgIpc) is 2.48. The Labute approximate surface area is 76.8 Å². The van der Waals surface area contributed by atoms with Gasteiger partial charge in [-0.05, 0) is 19.3 Å². The van der Waals surface area contributed by atoms with Crippen molar-refractivity contribution in [3.63, 3.8) is 0 Å². The second-order valence-corrected chi connectivity index (χ2v) is 3.09. The molecule has 74 valence electrons. The highest BCUT2D eigenvalue weighted by Gasteiger charge is 2.23. The molecule has 13 heavy (non-hydrogen) atoms. The molecule has 1 saturated carbocycles. The van der Waals surface area contributed by atoms with Crippen LogP contribution in [0.1, 0.15) is 19.3 Å². The van der Waals surface area contributed by atoms with E-state index in [0.717, 1.165) is 19.1 Å². The third-order valence-electron chi connectivity index (χ3n) is 2.03. The largest absolute Gasteiger partial charge is 0.399 e. The van der Waals surface area contributed by atoms with E-state index >= 15 is 0 Å². The summed E-state index contributed by atoms with van der Waals surface area (Å²) in [6.07, 6.45) is 3.03. The Kier molecular flexibility index (Phi) is 3.70. The van der Waals surface area contributed by atoms with Crippen molar-refractivity contribution in [3.8, 4) is 0 Å². The molecule has 0 aromatic heterocycles. The Hall–Kier alpha value is -1.10. The minimum absolute atomic E-state index is 0.0748. The Morgan fingerprint density at radius 1 is 1.69 bits per heavy atom. The van der Waals surface area contributed by atoms with Gasteiger partial charge >= 0.3 is 0 Å². The fourth-order valence-corrected chi connectivity index (χ4v) is 1.43. The van der Waals surface area contributed by atoms with Crippen LogP contribution in [0, 0.1) is 0 Å². The van der Waals surface area contributed by atoms with Gasteiger partial charge in [0.15, 0.2) is 0 Å². The molecule has 0 heterocycles. The highest BCUT2D eigenvalue weighted by Crippen LogP contribution is 2.18. The molecule has 0 aromatic carbocycles. The van der Waals surface area contributed by atoms with Crippen molar-refractivity contribution in [1.29, 1.82) is 0 Å². The quantitative estimate of drug-likeness (QED) is 0.467. The zero-order chi connectivity index (χ0) is 9.68. The van der Waals surface area contributed by atoms with Gasteiger partial charge in [-0.2, -0.15) is 0 Å². The van der Waals surface area contributed by atoms with Gasteiger partial charge in [-0.25, -0.2) is 0 Å². The molecule has 0 bridgehead atoms. The molecule has 0 aromatic rings. The smallest absolute Gasteiger partial charge is 0.266 e. The molecule has 0 unspecified atom stereocenters. The van der Waals surface area contributed by atoms with E-state index in [4.69, 9.17) is 0 Å². The third kappa shape index (κ3) is 3.42. The van der Waals surface area contributed by atoms with Gasteiger partial charge in [0.2, 0.25) is 0 Å². The molecule has 5 nitrogen and oxygen atoms in total. The van der Waals surface area contributed by atoms with Crippen molar-refractivity contribution in [2.75, 3.05) is 7.11 Å². The molecule has 1 aliphatic rings. The zero-order valence-electron chi connectivity index (χ0n) is 7.56. The summed E-state index contributed by atoms with van der Waals surface area (Å²) in [6, 6.07) is 0.0748. The maximum absolute atomic E-state index is 11.0. The van der Waals surface area contributed by atoms with Crippen LogP contribution in [0.15, 0.2) is 5.16 Å². The summed E-state index contributed by atoms with van der Waals surface area (Å²) in [5.41, 5.74) is 0. The molecule has 0 saturated heterocycles. The van der Waals surface area contributed by atoms with Crippen LogP contribution in [-0.4, -0.2) is 36.5 Å². The SMILES string of the molecule is CO/N=C/C(=O)N[C@H]1CC[C@@H](O)C1. The number of aliphatic hydroxyl groups excluding tert-OH is 1. The lowest BCUT2D eigenvalue weighted by Gasteiger charge is -2.08.